The van der Waals surface area contributed by atoms with Crippen molar-refractivity contribution >= 4 is 17.5 Å². The zero-order valence-electron chi connectivity index (χ0n) is 18.2. The Morgan fingerprint density at radius 3 is 2.78 bits per heavy atom. The standard InChI is InChI=1S/C26H27ClN2O3/c1-2-31-25-16-21(11-12-24(25)32-18-19-7-5-13-28-17-19)26(30)29-14-6-9-22(29)15-20-8-3-4-10-23(20)27/h3-5,7-8,10-13,16-17,22H,2,6,9,14-15,18H2,1H3. The number of rotatable bonds is 8. The number of halogens is 1. The van der Waals surface area contributed by atoms with Crippen molar-refractivity contribution in [2.24, 2.45) is 0 Å². The number of hydrogen-bond acceptors (Lipinski definition) is 4. The highest BCUT2D eigenvalue weighted by molar-refractivity contribution is 6.31. The summed E-state index contributed by atoms with van der Waals surface area (Å²) in [6, 6.07) is 17.2. The largest absolute Gasteiger partial charge is 0.490 e. The minimum atomic E-state index is 0.0133. The molecule has 1 atom stereocenters. The number of likely N-dealkylation sites (tertiary alicyclic amines) is 1. The van der Waals surface area contributed by atoms with Crippen molar-refractivity contribution < 1.29 is 14.3 Å². The molecule has 5 nitrogen and oxygen atoms in total. The third-order valence-electron chi connectivity index (χ3n) is 5.66. The third kappa shape index (κ3) is 5.22. The summed E-state index contributed by atoms with van der Waals surface area (Å²) in [5.41, 5.74) is 2.65. The van der Waals surface area contributed by atoms with Gasteiger partial charge in [0.15, 0.2) is 11.5 Å². The second-order valence-electron chi connectivity index (χ2n) is 7.83. The molecule has 1 unspecified atom stereocenters. The molecule has 0 spiro atoms. The molecule has 1 aliphatic rings. The smallest absolute Gasteiger partial charge is 0.254 e. The quantitative estimate of drug-likeness (QED) is 0.450. The van der Waals surface area contributed by atoms with Crippen molar-refractivity contribution in [2.45, 2.75) is 38.8 Å². The number of carbonyl (C=O) groups excluding carboxylic acids is 1. The molecule has 32 heavy (non-hydrogen) atoms. The molecule has 4 rings (SSSR count). The van der Waals surface area contributed by atoms with E-state index in [9.17, 15) is 4.79 Å². The van der Waals surface area contributed by atoms with Crippen molar-refractivity contribution in [3.63, 3.8) is 0 Å². The molecule has 2 heterocycles. The van der Waals surface area contributed by atoms with Gasteiger partial charge in [-0.05, 0) is 62.1 Å². The van der Waals surface area contributed by atoms with E-state index in [1.165, 1.54) is 0 Å². The van der Waals surface area contributed by atoms with Gasteiger partial charge in [0.25, 0.3) is 5.91 Å². The topological polar surface area (TPSA) is 51.7 Å². The van der Waals surface area contributed by atoms with Gasteiger partial charge in [0.2, 0.25) is 0 Å². The molecule has 1 amide bonds. The van der Waals surface area contributed by atoms with Gasteiger partial charge in [0.1, 0.15) is 6.61 Å². The van der Waals surface area contributed by atoms with Crippen LogP contribution in [0.1, 0.15) is 41.3 Å². The van der Waals surface area contributed by atoms with Gasteiger partial charge in [-0.15, -0.1) is 0 Å². The minimum absolute atomic E-state index is 0.0133. The summed E-state index contributed by atoms with van der Waals surface area (Å²) in [4.78, 5) is 19.4. The van der Waals surface area contributed by atoms with Crippen LogP contribution in [0.3, 0.4) is 0 Å². The Labute approximate surface area is 193 Å². The Balaban J connectivity index is 1.49. The van der Waals surface area contributed by atoms with Crippen LogP contribution in [-0.4, -0.2) is 35.0 Å². The summed E-state index contributed by atoms with van der Waals surface area (Å²) in [5, 5.41) is 0.751. The number of amides is 1. The van der Waals surface area contributed by atoms with Gasteiger partial charge in [-0.1, -0.05) is 35.9 Å². The first kappa shape index (κ1) is 22.2. The molecule has 0 bridgehead atoms. The van der Waals surface area contributed by atoms with E-state index >= 15 is 0 Å². The summed E-state index contributed by atoms with van der Waals surface area (Å²) in [7, 11) is 0. The maximum Gasteiger partial charge on any atom is 0.254 e. The van der Waals surface area contributed by atoms with Crippen LogP contribution in [0.15, 0.2) is 67.0 Å². The van der Waals surface area contributed by atoms with Crippen LogP contribution in [-0.2, 0) is 13.0 Å². The van der Waals surface area contributed by atoms with Crippen molar-refractivity contribution in [3.8, 4) is 11.5 Å². The summed E-state index contributed by atoms with van der Waals surface area (Å²) >= 11 is 6.36. The summed E-state index contributed by atoms with van der Waals surface area (Å²) in [6.45, 7) is 3.53. The summed E-state index contributed by atoms with van der Waals surface area (Å²) in [5.74, 6) is 1.20. The number of hydrogen-bond donors (Lipinski definition) is 0. The number of pyridine rings is 1. The van der Waals surface area contributed by atoms with E-state index in [2.05, 4.69) is 4.98 Å². The van der Waals surface area contributed by atoms with Crippen molar-refractivity contribution in [1.82, 2.24) is 9.88 Å². The van der Waals surface area contributed by atoms with Crippen LogP contribution in [0.2, 0.25) is 5.02 Å². The van der Waals surface area contributed by atoms with E-state index in [1.807, 2.05) is 60.4 Å². The molecule has 1 aliphatic heterocycles. The Kier molecular flexibility index (Phi) is 7.28. The molecule has 166 valence electrons. The summed E-state index contributed by atoms with van der Waals surface area (Å²) < 4.78 is 11.7. The lowest BCUT2D eigenvalue weighted by Gasteiger charge is -2.25. The van der Waals surface area contributed by atoms with Gasteiger partial charge in [-0.3, -0.25) is 9.78 Å². The van der Waals surface area contributed by atoms with E-state index in [4.69, 9.17) is 21.1 Å². The Morgan fingerprint density at radius 1 is 1.12 bits per heavy atom. The van der Waals surface area contributed by atoms with Crippen LogP contribution >= 0.6 is 11.6 Å². The highest BCUT2D eigenvalue weighted by Gasteiger charge is 2.30. The second-order valence-corrected chi connectivity index (χ2v) is 8.24. The highest BCUT2D eigenvalue weighted by atomic mass is 35.5. The first-order valence-corrected chi connectivity index (χ1v) is 11.4. The first-order valence-electron chi connectivity index (χ1n) is 11.0. The predicted molar refractivity (Wildman–Crippen MR) is 125 cm³/mol. The molecule has 1 saturated heterocycles. The van der Waals surface area contributed by atoms with E-state index in [0.717, 1.165) is 42.0 Å². The van der Waals surface area contributed by atoms with Gasteiger partial charge in [-0.2, -0.15) is 0 Å². The maximum atomic E-state index is 13.4. The van der Waals surface area contributed by atoms with Crippen LogP contribution in [0.25, 0.3) is 0 Å². The normalized spacial score (nSPS) is 15.6. The number of carbonyl (C=O) groups is 1. The molecular weight excluding hydrogens is 424 g/mol. The molecular formula is C26H27ClN2O3. The molecule has 1 fully saturated rings. The monoisotopic (exact) mass is 450 g/mol. The van der Waals surface area contributed by atoms with Gasteiger partial charge < -0.3 is 14.4 Å². The summed E-state index contributed by atoms with van der Waals surface area (Å²) in [6.07, 6.45) is 6.22. The highest BCUT2D eigenvalue weighted by Crippen LogP contribution is 2.32. The van der Waals surface area contributed by atoms with E-state index in [0.29, 0.717) is 30.3 Å². The average molecular weight is 451 g/mol. The van der Waals surface area contributed by atoms with Crippen LogP contribution in [0, 0.1) is 0 Å². The molecule has 0 saturated carbocycles. The Hall–Kier alpha value is -3.05. The van der Waals surface area contributed by atoms with Crippen molar-refractivity contribution in [3.05, 3.63) is 88.7 Å². The molecule has 1 aromatic heterocycles. The fourth-order valence-electron chi connectivity index (χ4n) is 4.07. The predicted octanol–water partition coefficient (Wildman–Crippen LogP) is 5.56. The SMILES string of the molecule is CCOc1cc(C(=O)N2CCCC2Cc2ccccc2Cl)ccc1OCc1cccnc1. The molecule has 3 aromatic rings. The number of benzene rings is 2. The lowest BCUT2D eigenvalue weighted by atomic mass is 10.0. The molecule has 6 heteroatoms. The average Bonchev–Trinajstić information content (AvgIpc) is 3.28. The number of ether oxygens (including phenoxy) is 2. The van der Waals surface area contributed by atoms with Crippen LogP contribution in [0.5, 0.6) is 11.5 Å². The Morgan fingerprint density at radius 2 is 2.00 bits per heavy atom. The van der Waals surface area contributed by atoms with E-state index < -0.39 is 0 Å². The van der Waals surface area contributed by atoms with Gasteiger partial charge in [0, 0.05) is 41.1 Å². The molecule has 0 N–H and O–H groups in total. The fraction of sp³-hybridized carbons (Fsp3) is 0.308. The van der Waals surface area contributed by atoms with Crippen LogP contribution < -0.4 is 9.47 Å². The minimum Gasteiger partial charge on any atom is -0.490 e. The first-order chi connectivity index (χ1) is 15.7. The molecule has 2 aromatic carbocycles. The van der Waals surface area contributed by atoms with Gasteiger partial charge in [-0.25, -0.2) is 0 Å². The lowest BCUT2D eigenvalue weighted by molar-refractivity contribution is 0.0736. The number of aromatic nitrogens is 1. The van der Waals surface area contributed by atoms with E-state index in [1.54, 1.807) is 18.5 Å². The fourth-order valence-corrected chi connectivity index (χ4v) is 4.29. The zero-order chi connectivity index (χ0) is 22.3. The molecule has 0 radical (unpaired) electrons. The van der Waals surface area contributed by atoms with E-state index in [-0.39, 0.29) is 11.9 Å². The zero-order valence-corrected chi connectivity index (χ0v) is 18.9. The van der Waals surface area contributed by atoms with Gasteiger partial charge >= 0.3 is 0 Å². The van der Waals surface area contributed by atoms with Crippen molar-refractivity contribution in [1.29, 1.82) is 0 Å². The second kappa shape index (κ2) is 10.5. The Bertz CT molecular complexity index is 1060. The number of nitrogens with zero attached hydrogens (tertiary/aromatic N) is 2. The lowest BCUT2D eigenvalue weighted by Crippen LogP contribution is -2.36. The third-order valence-corrected chi connectivity index (χ3v) is 6.03. The van der Waals surface area contributed by atoms with Crippen molar-refractivity contribution in [2.75, 3.05) is 13.2 Å². The maximum absolute atomic E-state index is 13.4. The van der Waals surface area contributed by atoms with Gasteiger partial charge in [0.05, 0.1) is 6.61 Å². The molecule has 0 aliphatic carbocycles. The van der Waals surface area contributed by atoms with Crippen LogP contribution in [0.4, 0.5) is 0 Å².